The lowest BCUT2D eigenvalue weighted by atomic mass is 9.96. The number of carbonyl (C=O) groups excluding carboxylic acids is 1. The van der Waals surface area contributed by atoms with E-state index in [1.807, 2.05) is 6.92 Å². The number of hydrogen-bond acceptors (Lipinski definition) is 6. The quantitative estimate of drug-likeness (QED) is 0.214. The van der Waals surface area contributed by atoms with Crippen molar-refractivity contribution in [2.75, 3.05) is 5.75 Å². The van der Waals surface area contributed by atoms with Gasteiger partial charge in [-0.1, -0.05) is 39.5 Å². The number of hydrogen-bond donors (Lipinski definition) is 3. The fourth-order valence-corrected chi connectivity index (χ4v) is 5.04. The van der Waals surface area contributed by atoms with Gasteiger partial charge in [0, 0.05) is 30.1 Å². The third-order valence-electron chi connectivity index (χ3n) is 5.41. The summed E-state index contributed by atoms with van der Waals surface area (Å²) >= 11 is 1.61. The largest absolute Gasteiger partial charge is 0.481 e. The van der Waals surface area contributed by atoms with Gasteiger partial charge in [-0.15, -0.1) is 11.8 Å². The number of carbonyl (C=O) groups is 2. The van der Waals surface area contributed by atoms with Gasteiger partial charge in [-0.25, -0.2) is 0 Å². The molecule has 0 saturated heterocycles. The van der Waals surface area contributed by atoms with Crippen LogP contribution in [0.3, 0.4) is 0 Å². The molecule has 0 bridgehead atoms. The summed E-state index contributed by atoms with van der Waals surface area (Å²) < 4.78 is 5.58. The molecule has 3 N–H and O–H groups in total. The summed E-state index contributed by atoms with van der Waals surface area (Å²) in [5, 5.41) is 29.6. The van der Waals surface area contributed by atoms with Crippen LogP contribution in [-0.2, 0) is 14.3 Å². The molecule has 6 nitrogen and oxygen atoms in total. The normalized spacial score (nSPS) is 19.9. The van der Waals surface area contributed by atoms with Crippen LogP contribution in [0.25, 0.3) is 0 Å². The van der Waals surface area contributed by atoms with Crippen molar-refractivity contribution in [2.24, 2.45) is 5.92 Å². The van der Waals surface area contributed by atoms with E-state index in [0.717, 1.165) is 49.2 Å². The highest BCUT2D eigenvalue weighted by atomic mass is 32.2. The molecule has 0 aromatic carbocycles. The molecule has 1 aliphatic rings. The molecule has 0 radical (unpaired) electrons. The minimum Gasteiger partial charge on any atom is -0.481 e. The van der Waals surface area contributed by atoms with Crippen LogP contribution >= 0.6 is 11.8 Å². The van der Waals surface area contributed by atoms with Crippen molar-refractivity contribution in [3.05, 3.63) is 10.7 Å². The Bertz CT molecular complexity index is 548. The van der Waals surface area contributed by atoms with Gasteiger partial charge < -0.3 is 20.1 Å². The SMILES string of the molecule is CCCCC[C@H](O)CC[C@@H]1C(SCCCCCC(=O)O)=C(OC(=O)CCC)C[C@H]1O. The number of unbranched alkanes of at least 4 members (excludes halogenated alkanes) is 4. The summed E-state index contributed by atoms with van der Waals surface area (Å²) in [6, 6.07) is 0. The highest BCUT2D eigenvalue weighted by Crippen LogP contribution is 2.43. The van der Waals surface area contributed by atoms with E-state index in [-0.39, 0.29) is 24.4 Å². The Balaban J connectivity index is 2.65. The molecule has 0 fully saturated rings. The number of ether oxygens (including phenoxy) is 1. The van der Waals surface area contributed by atoms with Crippen LogP contribution in [0.4, 0.5) is 0 Å². The second-order valence-corrected chi connectivity index (χ2v) is 9.31. The number of carboxylic acid groups (broad SMARTS) is 1. The number of rotatable bonds is 17. The van der Waals surface area contributed by atoms with Crippen molar-refractivity contribution >= 4 is 23.7 Å². The molecule has 0 saturated carbocycles. The van der Waals surface area contributed by atoms with Crippen LogP contribution < -0.4 is 0 Å². The van der Waals surface area contributed by atoms with Gasteiger partial charge in [-0.2, -0.15) is 0 Å². The smallest absolute Gasteiger partial charge is 0.310 e. The van der Waals surface area contributed by atoms with Gasteiger partial charge in [0.25, 0.3) is 0 Å². The van der Waals surface area contributed by atoms with Gasteiger partial charge in [0.15, 0.2) is 0 Å². The van der Waals surface area contributed by atoms with E-state index in [9.17, 15) is 19.8 Å². The minimum absolute atomic E-state index is 0.112. The Hall–Kier alpha value is -1.05. The molecule has 1 rings (SSSR count). The van der Waals surface area contributed by atoms with Crippen molar-refractivity contribution in [3.63, 3.8) is 0 Å². The molecule has 0 aromatic rings. The molecule has 7 heteroatoms. The number of aliphatic hydroxyl groups is 2. The first-order valence-electron chi connectivity index (χ1n) is 11.5. The van der Waals surface area contributed by atoms with Crippen LogP contribution in [0.1, 0.15) is 97.3 Å². The maximum absolute atomic E-state index is 12.0. The lowest BCUT2D eigenvalue weighted by molar-refractivity contribution is -0.140. The average molecular weight is 445 g/mol. The highest BCUT2D eigenvalue weighted by Gasteiger charge is 2.36. The first-order valence-corrected chi connectivity index (χ1v) is 12.5. The molecule has 30 heavy (non-hydrogen) atoms. The fraction of sp³-hybridized carbons (Fsp3) is 0.826. The molecule has 174 valence electrons. The predicted molar refractivity (Wildman–Crippen MR) is 120 cm³/mol. The molecule has 0 aliphatic heterocycles. The van der Waals surface area contributed by atoms with Crippen LogP contribution in [0.5, 0.6) is 0 Å². The Morgan fingerprint density at radius 2 is 1.83 bits per heavy atom. The molecule has 0 heterocycles. The van der Waals surface area contributed by atoms with Crippen LogP contribution in [0, 0.1) is 5.92 Å². The molecular weight excluding hydrogens is 404 g/mol. The topological polar surface area (TPSA) is 104 Å². The number of carboxylic acids is 1. The second kappa shape index (κ2) is 15.7. The van der Waals surface area contributed by atoms with Crippen molar-refractivity contribution in [1.29, 1.82) is 0 Å². The zero-order chi connectivity index (χ0) is 22.4. The first kappa shape index (κ1) is 27.0. The third-order valence-corrected chi connectivity index (χ3v) is 6.74. The second-order valence-electron chi connectivity index (χ2n) is 8.17. The predicted octanol–water partition coefficient (Wildman–Crippen LogP) is 5.02. The van der Waals surface area contributed by atoms with E-state index in [2.05, 4.69) is 6.92 Å². The zero-order valence-corrected chi connectivity index (χ0v) is 19.4. The van der Waals surface area contributed by atoms with Gasteiger partial charge in [-0.05, 0) is 44.3 Å². The van der Waals surface area contributed by atoms with Gasteiger partial charge in [0.1, 0.15) is 5.76 Å². The first-order chi connectivity index (χ1) is 14.4. The van der Waals surface area contributed by atoms with Gasteiger partial charge in [0.2, 0.25) is 0 Å². The lowest BCUT2D eigenvalue weighted by Gasteiger charge is -2.20. The van der Waals surface area contributed by atoms with Crippen LogP contribution in [0.2, 0.25) is 0 Å². The van der Waals surface area contributed by atoms with E-state index >= 15 is 0 Å². The Kier molecular flexibility index (Phi) is 14.1. The fourth-order valence-electron chi connectivity index (χ4n) is 3.69. The van der Waals surface area contributed by atoms with Gasteiger partial charge >= 0.3 is 11.9 Å². The third kappa shape index (κ3) is 10.8. The Labute approximate surface area is 185 Å². The zero-order valence-electron chi connectivity index (χ0n) is 18.6. The molecular formula is C23H40O6S. The molecule has 0 amide bonds. The highest BCUT2D eigenvalue weighted by molar-refractivity contribution is 8.03. The minimum atomic E-state index is -0.771. The van der Waals surface area contributed by atoms with Crippen molar-refractivity contribution < 1.29 is 29.6 Å². The monoisotopic (exact) mass is 444 g/mol. The van der Waals surface area contributed by atoms with E-state index < -0.39 is 12.1 Å². The molecule has 0 unspecified atom stereocenters. The maximum Gasteiger partial charge on any atom is 0.310 e. The van der Waals surface area contributed by atoms with E-state index in [0.29, 0.717) is 44.3 Å². The summed E-state index contributed by atoms with van der Waals surface area (Å²) in [6.45, 7) is 4.06. The van der Waals surface area contributed by atoms with Crippen molar-refractivity contribution in [1.82, 2.24) is 0 Å². The summed E-state index contributed by atoms with van der Waals surface area (Å²) in [5.74, 6) is 0.235. The van der Waals surface area contributed by atoms with Crippen LogP contribution in [-0.4, -0.2) is 45.2 Å². The van der Waals surface area contributed by atoms with Crippen LogP contribution in [0.15, 0.2) is 10.7 Å². The summed E-state index contributed by atoms with van der Waals surface area (Å²) in [5.41, 5.74) is 0. The molecule has 0 spiro atoms. The van der Waals surface area contributed by atoms with E-state index in [1.54, 1.807) is 11.8 Å². The lowest BCUT2D eigenvalue weighted by Crippen LogP contribution is -2.18. The van der Waals surface area contributed by atoms with Gasteiger partial charge in [0.05, 0.1) is 12.2 Å². The number of thioether (sulfide) groups is 1. The molecule has 0 aromatic heterocycles. The number of aliphatic hydroxyl groups excluding tert-OH is 2. The summed E-state index contributed by atoms with van der Waals surface area (Å²) in [7, 11) is 0. The average Bonchev–Trinajstić information content (AvgIpc) is 2.97. The van der Waals surface area contributed by atoms with Crippen molar-refractivity contribution in [3.8, 4) is 0 Å². The van der Waals surface area contributed by atoms with E-state index in [4.69, 9.17) is 9.84 Å². The van der Waals surface area contributed by atoms with Gasteiger partial charge in [-0.3, -0.25) is 9.59 Å². The molecule has 3 atom stereocenters. The number of esters is 1. The Morgan fingerprint density at radius 1 is 1.07 bits per heavy atom. The standard InChI is InChI=1S/C23H40O6S/c1-3-5-7-11-17(24)13-14-18-19(25)16-20(29-22(28)10-4-2)23(18)30-15-9-6-8-12-21(26)27/h17-19,24-25H,3-16H2,1-2H3,(H,26,27)/t17-,18-,19+/m0/s1. The van der Waals surface area contributed by atoms with E-state index in [1.165, 1.54) is 0 Å². The Morgan fingerprint density at radius 3 is 2.50 bits per heavy atom. The summed E-state index contributed by atoms with van der Waals surface area (Å²) in [4.78, 5) is 23.6. The number of aliphatic carboxylic acids is 1. The summed E-state index contributed by atoms with van der Waals surface area (Å²) in [6.07, 6.45) is 8.34. The molecule has 1 aliphatic carbocycles. The maximum atomic E-state index is 12.0. The van der Waals surface area contributed by atoms with Crippen molar-refractivity contribution in [2.45, 2.75) is 110 Å².